The average molecular weight is 172 g/mol. The minimum atomic E-state index is -0.145. The van der Waals surface area contributed by atoms with E-state index in [4.69, 9.17) is 0 Å². The number of hydrogen-bond donors (Lipinski definition) is 2. The fraction of sp³-hybridized carbons (Fsp3) is 0.875. The molecule has 1 atom stereocenters. The minimum Gasteiger partial charge on any atom is -0.469 e. The van der Waals surface area contributed by atoms with Crippen LogP contribution in [0.25, 0.3) is 0 Å². The number of carbonyl (C=O) groups excluding carboxylic acids is 1. The Labute approximate surface area is 72.7 Å². The van der Waals surface area contributed by atoms with Gasteiger partial charge in [0.2, 0.25) is 0 Å². The molecule has 2 N–H and O–H groups in total. The molecule has 0 aromatic heterocycles. The second-order valence-electron chi connectivity index (χ2n) is 2.97. The van der Waals surface area contributed by atoms with E-state index in [1.54, 1.807) is 0 Å². The molecule has 4 heteroatoms. The van der Waals surface area contributed by atoms with Crippen LogP contribution < -0.4 is 10.6 Å². The van der Waals surface area contributed by atoms with Gasteiger partial charge in [0.1, 0.15) is 0 Å². The van der Waals surface area contributed by atoms with Gasteiger partial charge in [-0.05, 0) is 13.0 Å². The molecular weight excluding hydrogens is 156 g/mol. The van der Waals surface area contributed by atoms with Gasteiger partial charge in [-0.15, -0.1) is 0 Å². The molecule has 0 aliphatic carbocycles. The van der Waals surface area contributed by atoms with Crippen molar-refractivity contribution in [2.24, 2.45) is 0 Å². The van der Waals surface area contributed by atoms with E-state index in [2.05, 4.69) is 15.4 Å². The summed E-state index contributed by atoms with van der Waals surface area (Å²) in [6, 6.07) is 0.537. The van der Waals surface area contributed by atoms with Crippen LogP contribution in [0.5, 0.6) is 0 Å². The molecular formula is C8H16N2O2. The highest BCUT2D eigenvalue weighted by Crippen LogP contribution is 1.96. The summed E-state index contributed by atoms with van der Waals surface area (Å²) in [5.41, 5.74) is 0. The molecule has 70 valence electrons. The third kappa shape index (κ3) is 3.19. The predicted molar refractivity (Wildman–Crippen MR) is 45.9 cm³/mol. The highest BCUT2D eigenvalue weighted by molar-refractivity contribution is 5.69. The van der Waals surface area contributed by atoms with Crippen LogP contribution in [-0.2, 0) is 9.53 Å². The van der Waals surface area contributed by atoms with E-state index in [0.29, 0.717) is 12.5 Å². The maximum absolute atomic E-state index is 10.7. The van der Waals surface area contributed by atoms with Crippen molar-refractivity contribution in [2.75, 3.05) is 26.7 Å². The highest BCUT2D eigenvalue weighted by atomic mass is 16.5. The first kappa shape index (κ1) is 9.48. The van der Waals surface area contributed by atoms with Crippen LogP contribution in [0.2, 0.25) is 0 Å². The first-order chi connectivity index (χ1) is 5.83. The lowest BCUT2D eigenvalue weighted by Gasteiger charge is -2.09. The van der Waals surface area contributed by atoms with E-state index in [1.807, 2.05) is 0 Å². The molecule has 4 nitrogen and oxygen atoms in total. The van der Waals surface area contributed by atoms with E-state index in [1.165, 1.54) is 7.11 Å². The number of hydrogen-bond acceptors (Lipinski definition) is 4. The molecule has 1 aliphatic heterocycles. The average Bonchev–Trinajstić information content (AvgIpc) is 2.57. The van der Waals surface area contributed by atoms with Gasteiger partial charge in [-0.25, -0.2) is 0 Å². The molecule has 0 aromatic carbocycles. The van der Waals surface area contributed by atoms with Crippen molar-refractivity contribution in [3.05, 3.63) is 0 Å². The fourth-order valence-corrected chi connectivity index (χ4v) is 1.31. The SMILES string of the molecule is COC(=O)CCNC1CCNC1. The molecule has 1 heterocycles. The van der Waals surface area contributed by atoms with Crippen molar-refractivity contribution in [1.82, 2.24) is 10.6 Å². The van der Waals surface area contributed by atoms with Crippen molar-refractivity contribution in [2.45, 2.75) is 18.9 Å². The van der Waals surface area contributed by atoms with Crippen LogP contribution in [0, 0.1) is 0 Å². The summed E-state index contributed by atoms with van der Waals surface area (Å²) < 4.78 is 4.52. The molecule has 0 aromatic rings. The van der Waals surface area contributed by atoms with Gasteiger partial charge in [0, 0.05) is 19.1 Å². The summed E-state index contributed by atoms with van der Waals surface area (Å²) >= 11 is 0. The van der Waals surface area contributed by atoms with E-state index < -0.39 is 0 Å². The third-order valence-corrected chi connectivity index (χ3v) is 2.05. The summed E-state index contributed by atoms with van der Waals surface area (Å²) in [5.74, 6) is -0.145. The maximum atomic E-state index is 10.7. The monoisotopic (exact) mass is 172 g/mol. The molecule has 0 bridgehead atoms. The highest BCUT2D eigenvalue weighted by Gasteiger charge is 2.13. The molecule has 0 spiro atoms. The smallest absolute Gasteiger partial charge is 0.306 e. The normalized spacial score (nSPS) is 22.6. The second kappa shape index (κ2) is 5.11. The number of nitrogens with one attached hydrogen (secondary N) is 2. The van der Waals surface area contributed by atoms with Crippen LogP contribution in [-0.4, -0.2) is 38.8 Å². The zero-order valence-electron chi connectivity index (χ0n) is 7.43. The van der Waals surface area contributed by atoms with Gasteiger partial charge in [-0.1, -0.05) is 0 Å². The number of methoxy groups -OCH3 is 1. The molecule has 1 rings (SSSR count). The number of rotatable bonds is 4. The van der Waals surface area contributed by atoms with Crippen molar-refractivity contribution < 1.29 is 9.53 Å². The largest absolute Gasteiger partial charge is 0.469 e. The Morgan fingerprint density at radius 2 is 2.58 bits per heavy atom. The first-order valence-electron chi connectivity index (χ1n) is 4.34. The van der Waals surface area contributed by atoms with Crippen LogP contribution in [0.15, 0.2) is 0 Å². The Kier molecular flexibility index (Phi) is 4.04. The molecule has 0 radical (unpaired) electrons. The van der Waals surface area contributed by atoms with Crippen LogP contribution in [0.3, 0.4) is 0 Å². The molecule has 12 heavy (non-hydrogen) atoms. The Morgan fingerprint density at radius 1 is 1.75 bits per heavy atom. The van der Waals surface area contributed by atoms with Gasteiger partial charge in [0.15, 0.2) is 0 Å². The lowest BCUT2D eigenvalue weighted by Crippen LogP contribution is -2.32. The number of ether oxygens (including phenoxy) is 1. The zero-order chi connectivity index (χ0) is 8.81. The van der Waals surface area contributed by atoms with E-state index in [9.17, 15) is 4.79 Å². The zero-order valence-corrected chi connectivity index (χ0v) is 7.43. The summed E-state index contributed by atoms with van der Waals surface area (Å²) in [6.07, 6.45) is 1.62. The van der Waals surface area contributed by atoms with Crippen molar-refractivity contribution in [3.8, 4) is 0 Å². The number of esters is 1. The van der Waals surface area contributed by atoms with Gasteiger partial charge in [0.25, 0.3) is 0 Å². The topological polar surface area (TPSA) is 50.4 Å². The standard InChI is InChI=1S/C8H16N2O2/c1-12-8(11)3-5-10-7-2-4-9-6-7/h7,9-10H,2-6H2,1H3. The van der Waals surface area contributed by atoms with Gasteiger partial charge in [0.05, 0.1) is 13.5 Å². The summed E-state index contributed by atoms with van der Waals surface area (Å²) in [6.45, 7) is 2.82. The first-order valence-corrected chi connectivity index (χ1v) is 4.34. The van der Waals surface area contributed by atoms with Crippen LogP contribution in [0.4, 0.5) is 0 Å². The minimum absolute atomic E-state index is 0.145. The van der Waals surface area contributed by atoms with Crippen molar-refractivity contribution in [3.63, 3.8) is 0 Å². The molecule has 1 unspecified atom stereocenters. The Hall–Kier alpha value is -0.610. The van der Waals surface area contributed by atoms with Gasteiger partial charge in [-0.2, -0.15) is 0 Å². The Balaban J connectivity index is 1.97. The van der Waals surface area contributed by atoms with E-state index in [0.717, 1.165) is 26.1 Å². The molecule has 1 saturated heterocycles. The fourth-order valence-electron chi connectivity index (χ4n) is 1.31. The van der Waals surface area contributed by atoms with Crippen molar-refractivity contribution >= 4 is 5.97 Å². The third-order valence-electron chi connectivity index (χ3n) is 2.05. The van der Waals surface area contributed by atoms with Gasteiger partial charge < -0.3 is 15.4 Å². The summed E-state index contributed by atoms with van der Waals surface area (Å²) in [7, 11) is 1.42. The summed E-state index contributed by atoms with van der Waals surface area (Å²) in [5, 5.41) is 6.53. The molecule has 1 fully saturated rings. The number of carbonyl (C=O) groups is 1. The van der Waals surface area contributed by atoms with Crippen molar-refractivity contribution in [1.29, 1.82) is 0 Å². The maximum Gasteiger partial charge on any atom is 0.306 e. The lowest BCUT2D eigenvalue weighted by atomic mass is 10.2. The Morgan fingerprint density at radius 3 is 3.17 bits per heavy atom. The quantitative estimate of drug-likeness (QED) is 0.561. The lowest BCUT2D eigenvalue weighted by molar-refractivity contribution is -0.140. The van der Waals surface area contributed by atoms with Gasteiger partial charge >= 0.3 is 5.97 Å². The second-order valence-corrected chi connectivity index (χ2v) is 2.97. The van der Waals surface area contributed by atoms with E-state index in [-0.39, 0.29) is 5.97 Å². The molecule has 0 amide bonds. The molecule has 1 aliphatic rings. The van der Waals surface area contributed by atoms with Gasteiger partial charge in [-0.3, -0.25) is 4.79 Å². The van der Waals surface area contributed by atoms with E-state index >= 15 is 0 Å². The Bertz CT molecular complexity index is 144. The van der Waals surface area contributed by atoms with Crippen LogP contribution in [0.1, 0.15) is 12.8 Å². The van der Waals surface area contributed by atoms with Crippen LogP contribution >= 0.6 is 0 Å². The molecule has 0 saturated carbocycles. The predicted octanol–water partition coefficient (Wildman–Crippen LogP) is -0.499. The summed E-state index contributed by atoms with van der Waals surface area (Å²) in [4.78, 5) is 10.7.